The highest BCUT2D eigenvalue weighted by atomic mass is 28.3. The maximum absolute atomic E-state index is 2.66. The van der Waals surface area contributed by atoms with Crippen molar-refractivity contribution in [2.24, 2.45) is 5.92 Å². The lowest BCUT2D eigenvalue weighted by Crippen LogP contribution is -2.18. The second-order valence-electron chi connectivity index (χ2n) is 8.32. The van der Waals surface area contributed by atoms with Gasteiger partial charge in [-0.05, 0) is 31.6 Å². The quantitative estimate of drug-likeness (QED) is 0.170. The van der Waals surface area contributed by atoms with Crippen molar-refractivity contribution in [3.63, 3.8) is 0 Å². The van der Waals surface area contributed by atoms with Crippen molar-refractivity contribution in [3.05, 3.63) is 23.4 Å². The van der Waals surface area contributed by atoms with Crippen LogP contribution in [0.4, 0.5) is 0 Å². The number of rotatable bonds is 14. The Bertz CT molecular complexity index is 319. The minimum Gasteiger partial charge on any atom is -0.0952 e. The third kappa shape index (κ3) is 15.0. The minimum absolute atomic E-state index is 0.638. The van der Waals surface area contributed by atoms with Crippen LogP contribution in [-0.2, 0) is 0 Å². The van der Waals surface area contributed by atoms with Gasteiger partial charge < -0.3 is 0 Å². The van der Waals surface area contributed by atoms with Crippen LogP contribution in [0.1, 0.15) is 91.4 Å². The van der Waals surface area contributed by atoms with E-state index in [9.17, 15) is 0 Å². The predicted molar refractivity (Wildman–Crippen MR) is 112 cm³/mol. The van der Waals surface area contributed by atoms with Gasteiger partial charge in [-0.2, -0.15) is 0 Å². The van der Waals surface area contributed by atoms with E-state index in [1.54, 1.807) is 5.57 Å². The van der Waals surface area contributed by atoms with Gasteiger partial charge in [-0.3, -0.25) is 0 Å². The second-order valence-corrected chi connectivity index (χ2v) is 13.3. The molecule has 0 aliphatic heterocycles. The standard InChI is InChI=1S/C22H44Si/c1-7-9-11-13-14-15-16-18-21(3)22(20-23(4,5)6)19-17-12-10-8-2/h16,18,20-21H,7-15,17,19H2,1-6H3/b18-16+,22-20+. The Morgan fingerprint density at radius 2 is 1.39 bits per heavy atom. The zero-order valence-corrected chi connectivity index (χ0v) is 18.1. The van der Waals surface area contributed by atoms with E-state index in [-0.39, 0.29) is 0 Å². The number of unbranched alkanes of at least 4 members (excludes halogenated alkanes) is 8. The van der Waals surface area contributed by atoms with Gasteiger partial charge >= 0.3 is 0 Å². The summed E-state index contributed by atoms with van der Waals surface area (Å²) >= 11 is 0. The van der Waals surface area contributed by atoms with Crippen LogP contribution >= 0.6 is 0 Å². The normalized spacial score (nSPS) is 14.6. The van der Waals surface area contributed by atoms with Gasteiger partial charge in [-0.25, -0.2) is 0 Å². The molecule has 0 aromatic rings. The zero-order valence-electron chi connectivity index (χ0n) is 17.1. The van der Waals surface area contributed by atoms with E-state index >= 15 is 0 Å². The molecule has 0 nitrogen and oxygen atoms in total. The van der Waals surface area contributed by atoms with E-state index in [0.29, 0.717) is 5.92 Å². The van der Waals surface area contributed by atoms with E-state index in [4.69, 9.17) is 0 Å². The van der Waals surface area contributed by atoms with Gasteiger partial charge in [0.25, 0.3) is 0 Å². The number of hydrogen-bond acceptors (Lipinski definition) is 0. The Kier molecular flexibility index (Phi) is 13.9. The van der Waals surface area contributed by atoms with Gasteiger partial charge in [-0.1, -0.05) is 109 Å². The summed E-state index contributed by atoms with van der Waals surface area (Å²) in [6.45, 7) is 14.4. The highest BCUT2D eigenvalue weighted by molar-refractivity contribution is 6.81. The average molecular weight is 337 g/mol. The fourth-order valence-electron chi connectivity index (χ4n) is 3.03. The first-order valence-corrected chi connectivity index (χ1v) is 13.9. The Labute approximate surface area is 148 Å². The van der Waals surface area contributed by atoms with Crippen molar-refractivity contribution in [1.82, 2.24) is 0 Å². The Balaban J connectivity index is 4.32. The van der Waals surface area contributed by atoms with Crippen molar-refractivity contribution in [2.45, 2.75) is 111 Å². The summed E-state index contributed by atoms with van der Waals surface area (Å²) in [6, 6.07) is 0. The molecular weight excluding hydrogens is 292 g/mol. The first-order valence-electron chi connectivity index (χ1n) is 10.3. The molecule has 0 aliphatic carbocycles. The Hall–Kier alpha value is -0.303. The molecule has 0 heterocycles. The van der Waals surface area contributed by atoms with Crippen LogP contribution < -0.4 is 0 Å². The van der Waals surface area contributed by atoms with Gasteiger partial charge in [0.2, 0.25) is 0 Å². The highest BCUT2D eigenvalue weighted by Crippen LogP contribution is 2.23. The first kappa shape index (κ1) is 22.7. The second kappa shape index (κ2) is 14.1. The summed E-state index contributed by atoms with van der Waals surface area (Å²) < 4.78 is 0. The van der Waals surface area contributed by atoms with Crippen molar-refractivity contribution < 1.29 is 0 Å². The van der Waals surface area contributed by atoms with Crippen LogP contribution in [0.15, 0.2) is 23.4 Å². The number of hydrogen-bond donors (Lipinski definition) is 0. The highest BCUT2D eigenvalue weighted by Gasteiger charge is 2.13. The fraction of sp³-hybridized carbons (Fsp3) is 0.818. The molecule has 0 bridgehead atoms. The SMILES string of the molecule is CCCCCCC/C=C/C(C)/C(=C/[Si](C)(C)C)CCCCCC. The molecule has 1 heteroatoms. The Morgan fingerprint density at radius 3 is 1.96 bits per heavy atom. The molecule has 1 atom stereocenters. The summed E-state index contributed by atoms with van der Waals surface area (Å²) in [5, 5.41) is 0. The van der Waals surface area contributed by atoms with Crippen LogP contribution in [0.25, 0.3) is 0 Å². The van der Waals surface area contributed by atoms with E-state index in [1.807, 2.05) is 0 Å². The monoisotopic (exact) mass is 336 g/mol. The smallest absolute Gasteiger partial charge is 0.0686 e. The van der Waals surface area contributed by atoms with E-state index in [0.717, 1.165) is 0 Å². The summed E-state index contributed by atoms with van der Waals surface area (Å²) in [7, 11) is -1.12. The van der Waals surface area contributed by atoms with Crippen molar-refractivity contribution in [1.29, 1.82) is 0 Å². The van der Waals surface area contributed by atoms with Crippen molar-refractivity contribution in [3.8, 4) is 0 Å². The Morgan fingerprint density at radius 1 is 0.826 bits per heavy atom. The third-order valence-electron chi connectivity index (χ3n) is 4.42. The van der Waals surface area contributed by atoms with E-state index < -0.39 is 8.07 Å². The lowest BCUT2D eigenvalue weighted by atomic mass is 9.96. The summed E-state index contributed by atoms with van der Waals surface area (Å²) in [5.74, 6) is 0.638. The average Bonchev–Trinajstić information content (AvgIpc) is 2.48. The lowest BCUT2D eigenvalue weighted by molar-refractivity contribution is 0.632. The largest absolute Gasteiger partial charge is 0.0952 e. The van der Waals surface area contributed by atoms with Crippen LogP contribution in [0.3, 0.4) is 0 Å². The topological polar surface area (TPSA) is 0 Å². The van der Waals surface area contributed by atoms with Crippen LogP contribution in [-0.4, -0.2) is 8.07 Å². The molecule has 0 saturated heterocycles. The van der Waals surface area contributed by atoms with Gasteiger partial charge in [-0.15, -0.1) is 0 Å². The van der Waals surface area contributed by atoms with Crippen LogP contribution in [0.5, 0.6) is 0 Å². The maximum Gasteiger partial charge on any atom is 0.0686 e. The van der Waals surface area contributed by atoms with Gasteiger partial charge in [0.1, 0.15) is 0 Å². The molecule has 0 aromatic carbocycles. The molecule has 0 aromatic heterocycles. The summed E-state index contributed by atoms with van der Waals surface area (Å²) in [6.07, 6.45) is 19.9. The molecule has 0 rings (SSSR count). The van der Waals surface area contributed by atoms with Crippen molar-refractivity contribution >= 4 is 8.07 Å². The molecule has 0 aliphatic rings. The van der Waals surface area contributed by atoms with Gasteiger partial charge in [0.15, 0.2) is 0 Å². The number of allylic oxidation sites excluding steroid dienone is 3. The first-order chi connectivity index (χ1) is 10.9. The van der Waals surface area contributed by atoms with Crippen LogP contribution in [0.2, 0.25) is 19.6 Å². The summed E-state index contributed by atoms with van der Waals surface area (Å²) in [4.78, 5) is 0. The van der Waals surface area contributed by atoms with Gasteiger partial charge in [0.05, 0.1) is 8.07 Å². The molecule has 0 amide bonds. The molecule has 1 unspecified atom stereocenters. The minimum atomic E-state index is -1.12. The molecule has 0 N–H and O–H groups in total. The fourth-order valence-corrected chi connectivity index (χ4v) is 4.55. The molecule has 0 spiro atoms. The third-order valence-corrected chi connectivity index (χ3v) is 5.66. The van der Waals surface area contributed by atoms with E-state index in [2.05, 4.69) is 58.3 Å². The molecular formula is C22H44Si. The van der Waals surface area contributed by atoms with Crippen molar-refractivity contribution in [2.75, 3.05) is 0 Å². The lowest BCUT2D eigenvalue weighted by Gasteiger charge is -2.18. The molecule has 0 saturated carbocycles. The molecule has 0 radical (unpaired) electrons. The maximum atomic E-state index is 2.66. The zero-order chi connectivity index (χ0) is 17.6. The van der Waals surface area contributed by atoms with E-state index in [1.165, 1.54) is 70.6 Å². The van der Waals surface area contributed by atoms with Gasteiger partial charge in [0, 0.05) is 0 Å². The molecule has 136 valence electrons. The summed E-state index contributed by atoms with van der Waals surface area (Å²) in [5.41, 5.74) is 4.37. The van der Waals surface area contributed by atoms with Crippen LogP contribution in [0, 0.1) is 5.92 Å². The molecule has 23 heavy (non-hydrogen) atoms. The molecule has 0 fully saturated rings. The predicted octanol–water partition coefficient (Wildman–Crippen LogP) is 8.31.